The predicted octanol–water partition coefficient (Wildman–Crippen LogP) is 0.452. The Kier molecular flexibility index (Phi) is 3.57. The number of rotatable bonds is 4. The molecule has 3 N–H and O–H groups in total. The molecule has 0 saturated heterocycles. The number of aliphatic hydroxyl groups is 2. The molecule has 0 aliphatic carbocycles. The molecule has 1 aromatic rings. The van der Waals surface area contributed by atoms with Gasteiger partial charge in [-0.2, -0.15) is 0 Å². The lowest BCUT2D eigenvalue weighted by molar-refractivity contribution is 0.105. The van der Waals surface area contributed by atoms with Crippen LogP contribution in [0.4, 0.5) is 5.69 Å². The number of nitrogens with one attached hydrogen (secondary N) is 1. The van der Waals surface area contributed by atoms with Gasteiger partial charge in [0, 0.05) is 12.2 Å². The summed E-state index contributed by atoms with van der Waals surface area (Å²) in [6, 6.07) is 9.56. The Hall–Kier alpha value is -1.06. The number of hydrogen-bond donors (Lipinski definition) is 3. The molecule has 0 heterocycles. The van der Waals surface area contributed by atoms with E-state index < -0.39 is 6.10 Å². The van der Waals surface area contributed by atoms with Crippen molar-refractivity contribution in [2.75, 3.05) is 18.5 Å². The lowest BCUT2D eigenvalue weighted by atomic mass is 10.4. The molecule has 3 nitrogen and oxygen atoms in total. The molecule has 66 valence electrons. The van der Waals surface area contributed by atoms with Crippen molar-refractivity contribution >= 4 is 5.69 Å². The van der Waals surface area contributed by atoms with Gasteiger partial charge >= 0.3 is 0 Å². The summed E-state index contributed by atoms with van der Waals surface area (Å²) >= 11 is 0. The minimum Gasteiger partial charge on any atom is -0.394 e. The molecule has 1 unspecified atom stereocenters. The molecular formula is C9H13NO2. The first-order valence-electron chi connectivity index (χ1n) is 3.91. The van der Waals surface area contributed by atoms with Crippen LogP contribution < -0.4 is 5.32 Å². The topological polar surface area (TPSA) is 52.5 Å². The van der Waals surface area contributed by atoms with Crippen molar-refractivity contribution in [2.45, 2.75) is 6.10 Å². The zero-order chi connectivity index (χ0) is 8.81. The van der Waals surface area contributed by atoms with E-state index in [1.807, 2.05) is 30.3 Å². The number of aliphatic hydroxyl groups excluding tert-OH is 2. The number of anilines is 1. The van der Waals surface area contributed by atoms with Crippen molar-refractivity contribution in [3.63, 3.8) is 0 Å². The monoisotopic (exact) mass is 179 g/mol. The molecule has 0 spiro atoms. The third kappa shape index (κ3) is 2.90. The molecule has 0 amide bonds. The van der Waals surface area contributed by atoms with E-state index in [2.05, 4.69) is 5.32 Å². The maximum Gasteiger partial charge on any atom is 0.0942 e. The number of benzene rings is 1. The Labute approximate surface area is 71.7 Å². The zero-order valence-electron chi connectivity index (χ0n) is 6.77. The van der Waals surface area contributed by atoms with Crippen LogP contribution in [0.25, 0.3) is 0 Å². The molecule has 1 aromatic carbocycles. The Bertz CT molecular complexity index is 213. The lowest BCUT2D eigenvalue weighted by Crippen LogP contribution is -2.22. The molecule has 1 atom stereocenters. The average Bonchev–Trinajstić information content (AvgIpc) is 2.16. The highest BCUT2D eigenvalue weighted by Gasteiger charge is 1.99. The molecule has 0 aliphatic heterocycles. The Morgan fingerprint density at radius 2 is 1.92 bits per heavy atom. The van der Waals surface area contributed by atoms with Crippen LogP contribution in [-0.2, 0) is 0 Å². The van der Waals surface area contributed by atoms with Crippen LogP contribution in [-0.4, -0.2) is 29.5 Å². The van der Waals surface area contributed by atoms with E-state index in [0.717, 1.165) is 5.69 Å². The van der Waals surface area contributed by atoms with E-state index in [9.17, 15) is 0 Å². The van der Waals surface area contributed by atoms with E-state index in [-0.39, 0.29) is 6.61 Å². The molecule has 0 aromatic heterocycles. The minimum absolute atomic E-state index is 0.208. The third-order valence-electron chi connectivity index (χ3n) is 1.53. The first kappa shape index (κ1) is 9.03. The second kappa shape index (κ2) is 4.74. The normalized spacial score (nSPS) is 12.5. The van der Waals surface area contributed by atoms with E-state index in [1.165, 1.54) is 0 Å². The van der Waals surface area contributed by atoms with Gasteiger partial charge in [0.2, 0.25) is 0 Å². The van der Waals surface area contributed by atoms with E-state index >= 15 is 0 Å². The van der Waals surface area contributed by atoms with Crippen LogP contribution in [0.1, 0.15) is 0 Å². The lowest BCUT2D eigenvalue weighted by Gasteiger charge is -2.09. The fourth-order valence-corrected chi connectivity index (χ4v) is 0.856. The smallest absolute Gasteiger partial charge is 0.0942 e. The van der Waals surface area contributed by atoms with Crippen LogP contribution in [0.15, 0.2) is 30.3 Å². The molecule has 0 bridgehead atoms. The standard InChI is InChI=1S/C9H13NO2/c11-7-9(12)6-10-8-4-2-1-3-5-8/h1-5,9-12H,6-7H2/i1+2,2+2,3+2,4+2,5+2,8+2. The van der Waals surface area contributed by atoms with Crippen LogP contribution in [0, 0.1) is 0 Å². The van der Waals surface area contributed by atoms with Crippen molar-refractivity contribution < 1.29 is 10.2 Å². The van der Waals surface area contributed by atoms with Gasteiger partial charge in [-0.3, -0.25) is 0 Å². The fraction of sp³-hybridized carbons (Fsp3) is 0.333. The van der Waals surface area contributed by atoms with Crippen LogP contribution in [0.3, 0.4) is 0 Å². The molecule has 1 rings (SSSR count). The molecule has 12 heavy (non-hydrogen) atoms. The minimum atomic E-state index is -0.690. The Morgan fingerprint density at radius 3 is 2.50 bits per heavy atom. The Balaban J connectivity index is 2.33. The second-order valence-electron chi connectivity index (χ2n) is 2.58. The van der Waals surface area contributed by atoms with Gasteiger partial charge in [-0.1, -0.05) is 18.2 Å². The SMILES string of the molecule is OCC(O)CN[14c]1[14cH][14cH][14cH][14cH][14cH]1. The van der Waals surface area contributed by atoms with Crippen molar-refractivity contribution in [1.29, 1.82) is 0 Å². The predicted molar refractivity (Wildman–Crippen MR) is 48.0 cm³/mol. The van der Waals surface area contributed by atoms with E-state index in [0.29, 0.717) is 6.54 Å². The van der Waals surface area contributed by atoms with Gasteiger partial charge in [-0.05, 0) is 12.1 Å². The summed E-state index contributed by atoms with van der Waals surface area (Å²) < 4.78 is 0. The van der Waals surface area contributed by atoms with Gasteiger partial charge in [0.25, 0.3) is 0 Å². The Morgan fingerprint density at radius 1 is 1.25 bits per heavy atom. The highest BCUT2D eigenvalue weighted by molar-refractivity contribution is 5.42. The van der Waals surface area contributed by atoms with Gasteiger partial charge in [0.15, 0.2) is 0 Å². The van der Waals surface area contributed by atoms with Crippen LogP contribution in [0.2, 0.25) is 0 Å². The van der Waals surface area contributed by atoms with Gasteiger partial charge < -0.3 is 15.5 Å². The number of hydrogen-bond acceptors (Lipinski definition) is 3. The van der Waals surface area contributed by atoms with E-state index in [4.69, 9.17) is 10.2 Å². The molecule has 3 heteroatoms. The summed E-state index contributed by atoms with van der Waals surface area (Å²) in [5.41, 5.74) is 0.949. The molecular weight excluding hydrogens is 166 g/mol. The molecule has 0 saturated carbocycles. The first-order valence-corrected chi connectivity index (χ1v) is 3.91. The van der Waals surface area contributed by atoms with Crippen molar-refractivity contribution in [2.24, 2.45) is 0 Å². The van der Waals surface area contributed by atoms with E-state index in [1.54, 1.807) is 0 Å². The molecule has 0 fully saturated rings. The second-order valence-corrected chi connectivity index (χ2v) is 2.58. The summed E-state index contributed by atoms with van der Waals surface area (Å²) in [6.45, 7) is 0.167. The highest BCUT2D eigenvalue weighted by Crippen LogP contribution is 2.04. The third-order valence-corrected chi connectivity index (χ3v) is 1.53. The molecule has 0 radical (unpaired) electrons. The summed E-state index contributed by atoms with van der Waals surface area (Å²) in [5.74, 6) is 0. The van der Waals surface area contributed by atoms with Gasteiger partial charge in [0.1, 0.15) is 0 Å². The first-order chi connectivity index (χ1) is 5.83. The van der Waals surface area contributed by atoms with Gasteiger partial charge in [0.05, 0.1) is 12.7 Å². The molecule has 0 aliphatic rings. The van der Waals surface area contributed by atoms with Crippen molar-refractivity contribution in [3.8, 4) is 0 Å². The van der Waals surface area contributed by atoms with Crippen LogP contribution >= 0.6 is 0 Å². The largest absolute Gasteiger partial charge is 0.394 e. The van der Waals surface area contributed by atoms with Gasteiger partial charge in [-0.15, -0.1) is 0 Å². The quantitative estimate of drug-likeness (QED) is 0.629. The summed E-state index contributed by atoms with van der Waals surface area (Å²) in [6.07, 6.45) is -0.690. The zero-order valence-corrected chi connectivity index (χ0v) is 6.77. The van der Waals surface area contributed by atoms with Crippen molar-refractivity contribution in [3.05, 3.63) is 30.3 Å². The average molecular weight is 179 g/mol. The summed E-state index contributed by atoms with van der Waals surface area (Å²) in [5, 5.41) is 20.5. The summed E-state index contributed by atoms with van der Waals surface area (Å²) in [7, 11) is 0. The highest BCUT2D eigenvalue weighted by atomic mass is 16.3. The summed E-state index contributed by atoms with van der Waals surface area (Å²) in [4.78, 5) is 0. The maximum atomic E-state index is 9.01. The van der Waals surface area contributed by atoms with Gasteiger partial charge in [-0.25, -0.2) is 0 Å². The fourth-order valence-electron chi connectivity index (χ4n) is 0.856. The van der Waals surface area contributed by atoms with Crippen molar-refractivity contribution in [1.82, 2.24) is 0 Å². The maximum absolute atomic E-state index is 9.01. The number of para-hydroxylation sites is 1. The van der Waals surface area contributed by atoms with Crippen LogP contribution in [0.5, 0.6) is 0 Å².